The Morgan fingerprint density at radius 2 is 2.21 bits per heavy atom. The third kappa shape index (κ3) is 3.92. The lowest BCUT2D eigenvalue weighted by atomic mass is 9.91. The zero-order valence-corrected chi connectivity index (χ0v) is 10.8. The summed E-state index contributed by atoms with van der Waals surface area (Å²) in [6.07, 6.45) is 3.04. The minimum atomic E-state index is -1.04. The lowest BCUT2D eigenvalue weighted by Crippen LogP contribution is -2.41. The summed E-state index contributed by atoms with van der Waals surface area (Å²) < 4.78 is 13.5. The molecule has 0 saturated heterocycles. The van der Waals surface area contributed by atoms with Gasteiger partial charge in [0.05, 0.1) is 6.20 Å². The van der Waals surface area contributed by atoms with Crippen molar-refractivity contribution in [1.82, 2.24) is 15.3 Å². The predicted octanol–water partition coefficient (Wildman–Crippen LogP) is 2.26. The van der Waals surface area contributed by atoms with Gasteiger partial charge in [0, 0.05) is 12.1 Å². The number of hydrogen-bond donors (Lipinski definition) is 3. The van der Waals surface area contributed by atoms with Crippen molar-refractivity contribution >= 4 is 23.5 Å². The number of rotatable bonds is 3. The number of amides is 1. The lowest BCUT2D eigenvalue weighted by molar-refractivity contribution is 0.185. The fourth-order valence-electron chi connectivity index (χ4n) is 2.27. The van der Waals surface area contributed by atoms with Crippen LogP contribution in [-0.2, 0) is 0 Å². The second-order valence-corrected chi connectivity index (χ2v) is 4.83. The second-order valence-electron chi connectivity index (χ2n) is 4.49. The summed E-state index contributed by atoms with van der Waals surface area (Å²) in [5.41, 5.74) is 0. The van der Waals surface area contributed by atoms with Crippen LogP contribution in [0.15, 0.2) is 6.20 Å². The van der Waals surface area contributed by atoms with Gasteiger partial charge in [-0.15, -0.1) is 0 Å². The molecule has 2 unspecified atom stereocenters. The van der Waals surface area contributed by atoms with Crippen molar-refractivity contribution in [2.45, 2.75) is 37.8 Å². The van der Waals surface area contributed by atoms with Crippen molar-refractivity contribution in [2.24, 2.45) is 0 Å². The van der Waals surface area contributed by atoms with Gasteiger partial charge in [-0.1, -0.05) is 0 Å². The first-order chi connectivity index (χ1) is 9.04. The van der Waals surface area contributed by atoms with Gasteiger partial charge in [0.25, 0.3) is 0 Å². The van der Waals surface area contributed by atoms with Crippen molar-refractivity contribution in [1.29, 1.82) is 0 Å². The molecular formula is C11H14ClFN4O2. The highest BCUT2D eigenvalue weighted by atomic mass is 35.5. The number of aromatic nitrogens is 2. The van der Waals surface area contributed by atoms with E-state index in [0.29, 0.717) is 6.42 Å². The molecule has 2 rings (SSSR count). The van der Waals surface area contributed by atoms with E-state index in [0.717, 1.165) is 25.5 Å². The molecule has 1 saturated carbocycles. The molecule has 1 aromatic heterocycles. The average Bonchev–Trinajstić information content (AvgIpc) is 2.33. The number of hydrogen-bond acceptors (Lipinski definition) is 4. The van der Waals surface area contributed by atoms with E-state index in [-0.39, 0.29) is 23.2 Å². The van der Waals surface area contributed by atoms with Crippen LogP contribution < -0.4 is 10.6 Å². The Kier molecular flexibility index (Phi) is 4.36. The number of nitrogens with zero attached hydrogens (tertiary/aromatic N) is 2. The highest BCUT2D eigenvalue weighted by molar-refractivity contribution is 6.28. The summed E-state index contributed by atoms with van der Waals surface area (Å²) >= 11 is 5.61. The molecule has 19 heavy (non-hydrogen) atoms. The third-order valence-corrected chi connectivity index (χ3v) is 3.24. The number of carboxylic acid groups (broad SMARTS) is 1. The third-order valence-electron chi connectivity index (χ3n) is 3.06. The van der Waals surface area contributed by atoms with E-state index < -0.39 is 11.9 Å². The molecule has 1 aliphatic rings. The first kappa shape index (κ1) is 13.8. The maximum atomic E-state index is 13.5. The molecule has 0 aliphatic heterocycles. The van der Waals surface area contributed by atoms with Crippen LogP contribution in [0.25, 0.3) is 0 Å². The van der Waals surface area contributed by atoms with Crippen LogP contribution in [0.3, 0.4) is 0 Å². The fraction of sp³-hybridized carbons (Fsp3) is 0.545. The first-order valence-corrected chi connectivity index (χ1v) is 6.36. The summed E-state index contributed by atoms with van der Waals surface area (Å²) in [5, 5.41) is 14.1. The molecular weight excluding hydrogens is 275 g/mol. The van der Waals surface area contributed by atoms with E-state index in [1.165, 1.54) is 0 Å². The van der Waals surface area contributed by atoms with Gasteiger partial charge in [-0.3, -0.25) is 0 Å². The highest BCUT2D eigenvalue weighted by Gasteiger charge is 2.24. The topological polar surface area (TPSA) is 87.1 Å². The number of halogens is 2. The van der Waals surface area contributed by atoms with Gasteiger partial charge < -0.3 is 15.7 Å². The van der Waals surface area contributed by atoms with Crippen LogP contribution >= 0.6 is 11.6 Å². The molecule has 2 atom stereocenters. The molecule has 1 aliphatic carbocycles. The van der Waals surface area contributed by atoms with Crippen molar-refractivity contribution < 1.29 is 14.3 Å². The maximum Gasteiger partial charge on any atom is 0.404 e. The van der Waals surface area contributed by atoms with E-state index in [9.17, 15) is 9.18 Å². The van der Waals surface area contributed by atoms with Crippen LogP contribution in [0.2, 0.25) is 5.28 Å². The van der Waals surface area contributed by atoms with E-state index in [1.807, 2.05) is 0 Å². The quantitative estimate of drug-likeness (QED) is 0.743. The van der Waals surface area contributed by atoms with Crippen LogP contribution in [0, 0.1) is 5.82 Å². The number of carbonyl (C=O) groups is 1. The molecule has 104 valence electrons. The Bertz CT molecular complexity index is 474. The van der Waals surface area contributed by atoms with Crippen molar-refractivity contribution in [3.05, 3.63) is 17.3 Å². The van der Waals surface area contributed by atoms with Gasteiger partial charge in [-0.05, 0) is 37.3 Å². The molecule has 0 spiro atoms. The van der Waals surface area contributed by atoms with Gasteiger partial charge in [-0.2, -0.15) is 4.98 Å². The minimum absolute atomic E-state index is 0.0279. The second kappa shape index (κ2) is 6.01. The van der Waals surface area contributed by atoms with Crippen molar-refractivity contribution in [2.75, 3.05) is 5.32 Å². The molecule has 3 N–H and O–H groups in total. The van der Waals surface area contributed by atoms with E-state index in [4.69, 9.17) is 16.7 Å². The lowest BCUT2D eigenvalue weighted by Gasteiger charge is -2.29. The number of anilines is 1. The predicted molar refractivity (Wildman–Crippen MR) is 67.8 cm³/mol. The van der Waals surface area contributed by atoms with Crippen LogP contribution in [0.5, 0.6) is 0 Å². The zero-order chi connectivity index (χ0) is 13.8. The molecule has 6 nitrogen and oxygen atoms in total. The Labute approximate surface area is 114 Å². The fourth-order valence-corrected chi connectivity index (χ4v) is 2.40. The van der Waals surface area contributed by atoms with Gasteiger partial charge in [-0.25, -0.2) is 14.2 Å². The smallest absolute Gasteiger partial charge is 0.404 e. The van der Waals surface area contributed by atoms with E-state index >= 15 is 0 Å². The minimum Gasteiger partial charge on any atom is -0.465 e. The molecule has 8 heteroatoms. The summed E-state index contributed by atoms with van der Waals surface area (Å²) in [6, 6.07) is -0.157. The standard InChI is InChI=1S/C11H14ClFN4O2/c12-10-14-5-8(13)9(17-10)15-6-2-1-3-7(4-6)16-11(18)19/h5-7,16H,1-4H2,(H,18,19)(H,14,15,17). The van der Waals surface area contributed by atoms with Crippen LogP contribution in [0.4, 0.5) is 15.0 Å². The SMILES string of the molecule is O=C(O)NC1CCCC(Nc2nc(Cl)ncc2F)C1. The monoisotopic (exact) mass is 288 g/mol. The van der Waals surface area contributed by atoms with Crippen molar-refractivity contribution in [3.63, 3.8) is 0 Å². The summed E-state index contributed by atoms with van der Waals surface area (Å²) in [7, 11) is 0. The Morgan fingerprint density at radius 1 is 1.47 bits per heavy atom. The van der Waals surface area contributed by atoms with Gasteiger partial charge in [0.15, 0.2) is 11.6 Å². The molecule has 1 aromatic rings. The van der Waals surface area contributed by atoms with Gasteiger partial charge >= 0.3 is 6.09 Å². The number of nitrogens with one attached hydrogen (secondary N) is 2. The van der Waals surface area contributed by atoms with Crippen LogP contribution in [0.1, 0.15) is 25.7 Å². The zero-order valence-electron chi connectivity index (χ0n) is 10.1. The molecule has 1 amide bonds. The highest BCUT2D eigenvalue weighted by Crippen LogP contribution is 2.23. The average molecular weight is 289 g/mol. The van der Waals surface area contributed by atoms with Crippen LogP contribution in [-0.4, -0.2) is 33.3 Å². The normalized spacial score (nSPS) is 22.8. The summed E-state index contributed by atoms with van der Waals surface area (Å²) in [4.78, 5) is 17.9. The molecule has 0 aromatic carbocycles. The molecule has 0 bridgehead atoms. The maximum absolute atomic E-state index is 13.5. The van der Waals surface area contributed by atoms with E-state index in [1.54, 1.807) is 0 Å². The molecule has 0 radical (unpaired) electrons. The largest absolute Gasteiger partial charge is 0.465 e. The Morgan fingerprint density at radius 3 is 2.95 bits per heavy atom. The Hall–Kier alpha value is -1.63. The Balaban J connectivity index is 1.98. The first-order valence-electron chi connectivity index (χ1n) is 5.98. The van der Waals surface area contributed by atoms with Gasteiger partial charge in [0.1, 0.15) is 0 Å². The van der Waals surface area contributed by atoms with Crippen molar-refractivity contribution in [3.8, 4) is 0 Å². The van der Waals surface area contributed by atoms with Gasteiger partial charge in [0.2, 0.25) is 5.28 Å². The summed E-state index contributed by atoms with van der Waals surface area (Å²) in [6.45, 7) is 0. The molecule has 1 heterocycles. The molecule has 1 fully saturated rings. The van der Waals surface area contributed by atoms with E-state index in [2.05, 4.69) is 20.6 Å². The summed E-state index contributed by atoms with van der Waals surface area (Å²) in [5.74, 6) is -0.515.